The Balaban J connectivity index is 2.11. The number of rotatable bonds is 5. The summed E-state index contributed by atoms with van der Waals surface area (Å²) in [5.74, 6) is -0.333. The van der Waals surface area contributed by atoms with Crippen LogP contribution >= 0.6 is 0 Å². The number of likely N-dealkylation sites (tertiary alicyclic amines) is 1. The van der Waals surface area contributed by atoms with E-state index in [1.807, 2.05) is 4.90 Å². The molecule has 25 heavy (non-hydrogen) atoms. The zero-order valence-corrected chi connectivity index (χ0v) is 15.2. The van der Waals surface area contributed by atoms with Crippen LogP contribution in [-0.4, -0.2) is 41.8 Å². The number of hydrogen-bond donors (Lipinski definition) is 1. The van der Waals surface area contributed by atoms with Crippen molar-refractivity contribution in [1.29, 1.82) is 0 Å². The van der Waals surface area contributed by atoms with Gasteiger partial charge < -0.3 is 15.1 Å². The highest BCUT2D eigenvalue weighted by Crippen LogP contribution is 2.22. The lowest BCUT2D eigenvalue weighted by Gasteiger charge is -2.36. The Hall–Kier alpha value is -2.37. The number of nitrogens with zero attached hydrogens (tertiary/aromatic N) is 2. The van der Waals surface area contributed by atoms with Crippen molar-refractivity contribution >= 4 is 29.1 Å². The molecule has 0 radical (unpaired) electrons. The molecular weight excluding hydrogens is 318 g/mol. The van der Waals surface area contributed by atoms with E-state index >= 15 is 0 Å². The molecular formula is C19H27N3O3. The second-order valence-corrected chi connectivity index (χ2v) is 6.48. The Morgan fingerprint density at radius 1 is 1.16 bits per heavy atom. The van der Waals surface area contributed by atoms with E-state index in [1.165, 1.54) is 18.7 Å². The summed E-state index contributed by atoms with van der Waals surface area (Å²) < 4.78 is 0. The van der Waals surface area contributed by atoms with Gasteiger partial charge in [-0.3, -0.25) is 14.4 Å². The van der Waals surface area contributed by atoms with Gasteiger partial charge in [0.2, 0.25) is 17.7 Å². The van der Waals surface area contributed by atoms with Gasteiger partial charge in [0.05, 0.1) is 0 Å². The Bertz CT molecular complexity index is 627. The highest BCUT2D eigenvalue weighted by atomic mass is 16.2. The van der Waals surface area contributed by atoms with Gasteiger partial charge in [0.15, 0.2) is 0 Å². The van der Waals surface area contributed by atoms with Crippen molar-refractivity contribution in [2.24, 2.45) is 0 Å². The second kappa shape index (κ2) is 8.65. The fourth-order valence-electron chi connectivity index (χ4n) is 3.29. The Kier molecular flexibility index (Phi) is 6.56. The first-order valence-electron chi connectivity index (χ1n) is 8.87. The lowest BCUT2D eigenvalue weighted by Crippen LogP contribution is -2.48. The van der Waals surface area contributed by atoms with E-state index in [2.05, 4.69) is 12.2 Å². The van der Waals surface area contributed by atoms with Crippen LogP contribution in [0.3, 0.4) is 0 Å². The summed E-state index contributed by atoms with van der Waals surface area (Å²) >= 11 is 0. The number of carbonyl (C=O) groups is 3. The van der Waals surface area contributed by atoms with E-state index in [0.29, 0.717) is 11.4 Å². The molecule has 1 saturated heterocycles. The maximum atomic E-state index is 12.7. The minimum absolute atomic E-state index is 0.00677. The zero-order chi connectivity index (χ0) is 18.4. The summed E-state index contributed by atoms with van der Waals surface area (Å²) in [5, 5.41) is 2.69. The molecule has 2 rings (SSSR count). The first kappa shape index (κ1) is 19.0. The third-order valence-electron chi connectivity index (χ3n) is 4.59. The largest absolute Gasteiger partial charge is 0.338 e. The number of anilines is 2. The van der Waals surface area contributed by atoms with Crippen LogP contribution in [0.25, 0.3) is 0 Å². The molecule has 1 aromatic rings. The van der Waals surface area contributed by atoms with Gasteiger partial charge in [0, 0.05) is 37.8 Å². The van der Waals surface area contributed by atoms with Gasteiger partial charge in [-0.25, -0.2) is 0 Å². The van der Waals surface area contributed by atoms with E-state index in [9.17, 15) is 14.4 Å². The van der Waals surface area contributed by atoms with Crippen molar-refractivity contribution in [2.75, 3.05) is 23.3 Å². The van der Waals surface area contributed by atoms with Crippen molar-refractivity contribution in [3.8, 4) is 0 Å². The zero-order valence-electron chi connectivity index (χ0n) is 15.2. The predicted octanol–water partition coefficient (Wildman–Crippen LogP) is 2.79. The molecule has 1 heterocycles. The molecule has 136 valence electrons. The average Bonchev–Trinajstić information content (AvgIpc) is 2.59. The molecule has 0 saturated carbocycles. The standard InChI is InChI=1S/C19H27N3O3/c1-4-17-7-5-6-12-21(17)19(25)13-22(15(3)24)18-10-8-16(9-11-18)20-14(2)23/h8-11,17H,4-7,12-13H2,1-3H3,(H,20,23). The first-order chi connectivity index (χ1) is 11.9. The Morgan fingerprint density at radius 2 is 1.84 bits per heavy atom. The lowest BCUT2D eigenvalue weighted by atomic mass is 10.00. The van der Waals surface area contributed by atoms with Crippen LogP contribution < -0.4 is 10.2 Å². The van der Waals surface area contributed by atoms with Gasteiger partial charge in [0.25, 0.3) is 0 Å². The Labute approximate surface area is 149 Å². The van der Waals surface area contributed by atoms with Crippen LogP contribution in [0.4, 0.5) is 11.4 Å². The number of hydrogen-bond acceptors (Lipinski definition) is 3. The molecule has 1 aliphatic rings. The first-order valence-corrected chi connectivity index (χ1v) is 8.87. The average molecular weight is 345 g/mol. The van der Waals surface area contributed by atoms with E-state index in [1.54, 1.807) is 24.3 Å². The monoisotopic (exact) mass is 345 g/mol. The number of benzene rings is 1. The molecule has 6 nitrogen and oxygen atoms in total. The maximum Gasteiger partial charge on any atom is 0.242 e. The van der Waals surface area contributed by atoms with Crippen LogP contribution in [-0.2, 0) is 14.4 Å². The number of piperidine rings is 1. The molecule has 3 amide bonds. The lowest BCUT2D eigenvalue weighted by molar-refractivity contribution is -0.134. The highest BCUT2D eigenvalue weighted by molar-refractivity contribution is 5.98. The maximum absolute atomic E-state index is 12.7. The molecule has 1 unspecified atom stereocenters. The molecule has 1 atom stereocenters. The summed E-state index contributed by atoms with van der Waals surface area (Å²) in [5.41, 5.74) is 1.31. The smallest absolute Gasteiger partial charge is 0.242 e. The summed E-state index contributed by atoms with van der Waals surface area (Å²) in [4.78, 5) is 39.3. The SMILES string of the molecule is CCC1CCCCN1C(=O)CN(C(C)=O)c1ccc(NC(C)=O)cc1. The third kappa shape index (κ3) is 5.05. The van der Waals surface area contributed by atoms with Gasteiger partial charge in [-0.15, -0.1) is 0 Å². The molecule has 1 fully saturated rings. The molecule has 0 bridgehead atoms. The predicted molar refractivity (Wildman–Crippen MR) is 98.4 cm³/mol. The van der Waals surface area contributed by atoms with E-state index < -0.39 is 0 Å². The van der Waals surface area contributed by atoms with Gasteiger partial charge in [-0.05, 0) is 49.9 Å². The van der Waals surface area contributed by atoms with Crippen molar-refractivity contribution in [3.63, 3.8) is 0 Å². The van der Waals surface area contributed by atoms with Crippen molar-refractivity contribution in [2.45, 2.75) is 52.5 Å². The van der Waals surface area contributed by atoms with Crippen LogP contribution in [0.15, 0.2) is 24.3 Å². The minimum Gasteiger partial charge on any atom is -0.338 e. The quantitative estimate of drug-likeness (QED) is 0.892. The fraction of sp³-hybridized carbons (Fsp3) is 0.526. The van der Waals surface area contributed by atoms with E-state index in [0.717, 1.165) is 32.2 Å². The van der Waals surface area contributed by atoms with Gasteiger partial charge in [0.1, 0.15) is 6.54 Å². The van der Waals surface area contributed by atoms with Crippen LogP contribution in [0.2, 0.25) is 0 Å². The number of amides is 3. The molecule has 1 N–H and O–H groups in total. The number of nitrogens with one attached hydrogen (secondary N) is 1. The molecule has 1 aliphatic heterocycles. The van der Waals surface area contributed by atoms with Crippen molar-refractivity contribution in [3.05, 3.63) is 24.3 Å². The van der Waals surface area contributed by atoms with Gasteiger partial charge >= 0.3 is 0 Å². The molecule has 0 aliphatic carbocycles. The van der Waals surface area contributed by atoms with Crippen LogP contribution in [0.1, 0.15) is 46.5 Å². The Morgan fingerprint density at radius 3 is 2.40 bits per heavy atom. The molecule has 6 heteroatoms. The van der Waals surface area contributed by atoms with Gasteiger partial charge in [-0.1, -0.05) is 6.92 Å². The minimum atomic E-state index is -0.175. The molecule has 0 spiro atoms. The summed E-state index contributed by atoms with van der Waals surface area (Å²) in [7, 11) is 0. The highest BCUT2D eigenvalue weighted by Gasteiger charge is 2.27. The summed E-state index contributed by atoms with van der Waals surface area (Å²) in [6, 6.07) is 7.22. The van der Waals surface area contributed by atoms with Crippen molar-refractivity contribution in [1.82, 2.24) is 4.90 Å². The topological polar surface area (TPSA) is 69.7 Å². The molecule has 0 aromatic heterocycles. The van der Waals surface area contributed by atoms with E-state index in [-0.39, 0.29) is 30.3 Å². The second-order valence-electron chi connectivity index (χ2n) is 6.48. The third-order valence-corrected chi connectivity index (χ3v) is 4.59. The van der Waals surface area contributed by atoms with Crippen LogP contribution in [0, 0.1) is 0 Å². The van der Waals surface area contributed by atoms with Crippen LogP contribution in [0.5, 0.6) is 0 Å². The van der Waals surface area contributed by atoms with Gasteiger partial charge in [-0.2, -0.15) is 0 Å². The molecule has 1 aromatic carbocycles. The summed E-state index contributed by atoms with van der Waals surface area (Å²) in [6.07, 6.45) is 4.15. The fourth-order valence-corrected chi connectivity index (χ4v) is 3.29. The van der Waals surface area contributed by atoms with Crippen molar-refractivity contribution < 1.29 is 14.4 Å². The summed E-state index contributed by atoms with van der Waals surface area (Å²) in [6.45, 7) is 5.81. The number of carbonyl (C=O) groups excluding carboxylic acids is 3. The normalized spacial score (nSPS) is 17.1. The van der Waals surface area contributed by atoms with E-state index in [4.69, 9.17) is 0 Å².